The molecule has 0 unspecified atom stereocenters. The fourth-order valence-electron chi connectivity index (χ4n) is 0.952. The number of nitrogens with zero attached hydrogens (tertiary/aromatic N) is 2. The number of aliphatic hydroxyl groups is 1. The van der Waals surface area contributed by atoms with Gasteiger partial charge in [-0.05, 0) is 6.42 Å². The summed E-state index contributed by atoms with van der Waals surface area (Å²) in [6.07, 6.45) is 5.02. The zero-order chi connectivity index (χ0) is 10.4. The molecule has 0 saturated heterocycles. The van der Waals surface area contributed by atoms with E-state index in [2.05, 4.69) is 15.3 Å². The van der Waals surface area contributed by atoms with Gasteiger partial charge in [-0.3, -0.25) is 9.78 Å². The van der Waals surface area contributed by atoms with Gasteiger partial charge in [0.15, 0.2) is 0 Å². The molecule has 0 aromatic carbocycles. The predicted octanol–water partition coefficient (Wildman–Crippen LogP) is -0.0227. The third kappa shape index (κ3) is 2.77. The van der Waals surface area contributed by atoms with Gasteiger partial charge in [0.1, 0.15) is 5.69 Å². The molecule has 0 bridgehead atoms. The van der Waals surface area contributed by atoms with Crippen LogP contribution >= 0.6 is 0 Å². The standard InChI is InChI=1S/C9H13N3O2/c1-2-7(6-13)12-9(14)8-5-10-3-4-11-8/h3-5,7,13H,2,6H2,1H3,(H,12,14)/t7-/m0/s1. The number of rotatable bonds is 4. The second-order valence-electron chi connectivity index (χ2n) is 2.85. The lowest BCUT2D eigenvalue weighted by molar-refractivity contribution is 0.0909. The molecule has 2 N–H and O–H groups in total. The highest BCUT2D eigenvalue weighted by atomic mass is 16.3. The minimum atomic E-state index is -0.306. The first-order valence-corrected chi connectivity index (χ1v) is 4.45. The van der Waals surface area contributed by atoms with Crippen LogP contribution < -0.4 is 5.32 Å². The smallest absolute Gasteiger partial charge is 0.271 e. The first-order valence-electron chi connectivity index (χ1n) is 4.45. The van der Waals surface area contributed by atoms with Crippen LogP contribution in [0.3, 0.4) is 0 Å². The van der Waals surface area contributed by atoms with E-state index in [0.29, 0.717) is 6.42 Å². The number of carbonyl (C=O) groups is 1. The van der Waals surface area contributed by atoms with Gasteiger partial charge in [-0.15, -0.1) is 0 Å². The zero-order valence-electron chi connectivity index (χ0n) is 7.97. The fourth-order valence-corrected chi connectivity index (χ4v) is 0.952. The molecule has 5 heteroatoms. The third-order valence-corrected chi connectivity index (χ3v) is 1.84. The Kier molecular flexibility index (Phi) is 4.00. The lowest BCUT2D eigenvalue weighted by atomic mass is 10.2. The van der Waals surface area contributed by atoms with Crippen molar-refractivity contribution in [2.24, 2.45) is 0 Å². The van der Waals surface area contributed by atoms with Crippen molar-refractivity contribution >= 4 is 5.91 Å². The van der Waals surface area contributed by atoms with E-state index in [0.717, 1.165) is 0 Å². The normalized spacial score (nSPS) is 12.1. The number of amides is 1. The van der Waals surface area contributed by atoms with Crippen molar-refractivity contribution in [1.29, 1.82) is 0 Å². The highest BCUT2D eigenvalue weighted by Crippen LogP contribution is 1.94. The summed E-state index contributed by atoms with van der Waals surface area (Å²) in [5.41, 5.74) is 0.263. The number of aliphatic hydroxyl groups excluding tert-OH is 1. The number of hydrogen-bond donors (Lipinski definition) is 2. The highest BCUT2D eigenvalue weighted by molar-refractivity contribution is 5.92. The van der Waals surface area contributed by atoms with Crippen molar-refractivity contribution < 1.29 is 9.90 Å². The topological polar surface area (TPSA) is 75.1 Å². The Morgan fingerprint density at radius 1 is 1.64 bits per heavy atom. The van der Waals surface area contributed by atoms with Crippen LogP contribution in [0.15, 0.2) is 18.6 Å². The van der Waals surface area contributed by atoms with E-state index in [4.69, 9.17) is 5.11 Å². The van der Waals surface area contributed by atoms with Gasteiger partial charge in [0, 0.05) is 12.4 Å². The predicted molar refractivity (Wildman–Crippen MR) is 50.7 cm³/mol. The van der Waals surface area contributed by atoms with Gasteiger partial charge in [0.25, 0.3) is 5.91 Å². The molecule has 76 valence electrons. The summed E-state index contributed by atoms with van der Waals surface area (Å²) in [6, 6.07) is -0.218. The Hall–Kier alpha value is -1.49. The van der Waals surface area contributed by atoms with E-state index in [1.807, 2.05) is 6.92 Å². The van der Waals surface area contributed by atoms with Crippen molar-refractivity contribution in [3.05, 3.63) is 24.3 Å². The van der Waals surface area contributed by atoms with Gasteiger partial charge in [0.05, 0.1) is 18.8 Å². The van der Waals surface area contributed by atoms with Crippen LogP contribution in [0.25, 0.3) is 0 Å². The molecule has 0 radical (unpaired) electrons. The Bertz CT molecular complexity index is 285. The van der Waals surface area contributed by atoms with Crippen LogP contribution in [-0.4, -0.2) is 33.6 Å². The zero-order valence-corrected chi connectivity index (χ0v) is 7.97. The Morgan fingerprint density at radius 2 is 2.43 bits per heavy atom. The van der Waals surface area contributed by atoms with E-state index >= 15 is 0 Å². The monoisotopic (exact) mass is 195 g/mol. The lowest BCUT2D eigenvalue weighted by Crippen LogP contribution is -2.37. The Morgan fingerprint density at radius 3 is 2.93 bits per heavy atom. The first-order chi connectivity index (χ1) is 6.77. The Labute approximate surface area is 82.2 Å². The summed E-state index contributed by atoms with van der Waals surface area (Å²) < 4.78 is 0. The summed E-state index contributed by atoms with van der Waals surface area (Å²) in [4.78, 5) is 19.1. The third-order valence-electron chi connectivity index (χ3n) is 1.84. The van der Waals surface area contributed by atoms with Crippen LogP contribution in [0.5, 0.6) is 0 Å². The van der Waals surface area contributed by atoms with Gasteiger partial charge in [-0.25, -0.2) is 4.98 Å². The lowest BCUT2D eigenvalue weighted by Gasteiger charge is -2.12. The molecule has 0 aliphatic carbocycles. The maximum atomic E-state index is 11.4. The largest absolute Gasteiger partial charge is 0.394 e. The molecule has 1 aromatic rings. The molecule has 0 fully saturated rings. The molecule has 1 atom stereocenters. The highest BCUT2D eigenvalue weighted by Gasteiger charge is 2.11. The molecule has 1 amide bonds. The molecule has 1 heterocycles. The van der Waals surface area contributed by atoms with E-state index in [-0.39, 0.29) is 24.2 Å². The second kappa shape index (κ2) is 5.29. The summed E-state index contributed by atoms with van der Waals surface area (Å²) in [5, 5.41) is 11.5. The van der Waals surface area contributed by atoms with E-state index in [1.54, 1.807) is 0 Å². The average molecular weight is 195 g/mol. The maximum Gasteiger partial charge on any atom is 0.271 e. The van der Waals surface area contributed by atoms with Gasteiger partial charge >= 0.3 is 0 Å². The van der Waals surface area contributed by atoms with E-state index < -0.39 is 0 Å². The van der Waals surface area contributed by atoms with Crippen molar-refractivity contribution in [1.82, 2.24) is 15.3 Å². The van der Waals surface area contributed by atoms with Crippen LogP contribution in [-0.2, 0) is 0 Å². The quantitative estimate of drug-likeness (QED) is 0.707. The molecule has 5 nitrogen and oxygen atoms in total. The van der Waals surface area contributed by atoms with Crippen molar-refractivity contribution in [2.75, 3.05) is 6.61 Å². The number of aromatic nitrogens is 2. The molecule has 0 spiro atoms. The molecule has 1 rings (SSSR count). The number of carbonyl (C=O) groups excluding carboxylic acids is 1. The molecule has 0 aliphatic rings. The summed E-state index contributed by atoms with van der Waals surface area (Å²) in [7, 11) is 0. The second-order valence-corrected chi connectivity index (χ2v) is 2.85. The molecule has 0 aliphatic heterocycles. The maximum absolute atomic E-state index is 11.4. The van der Waals surface area contributed by atoms with E-state index in [9.17, 15) is 4.79 Å². The van der Waals surface area contributed by atoms with E-state index in [1.165, 1.54) is 18.6 Å². The summed E-state index contributed by atoms with van der Waals surface area (Å²) >= 11 is 0. The first kappa shape index (κ1) is 10.6. The van der Waals surface area contributed by atoms with Gasteiger partial charge in [-0.2, -0.15) is 0 Å². The molecular weight excluding hydrogens is 182 g/mol. The molecular formula is C9H13N3O2. The van der Waals surface area contributed by atoms with Crippen LogP contribution in [0.4, 0.5) is 0 Å². The molecule has 0 saturated carbocycles. The summed E-state index contributed by atoms with van der Waals surface area (Å²) in [5.74, 6) is -0.306. The fraction of sp³-hybridized carbons (Fsp3) is 0.444. The van der Waals surface area contributed by atoms with Gasteiger partial charge in [-0.1, -0.05) is 6.92 Å². The number of hydrogen-bond acceptors (Lipinski definition) is 4. The SMILES string of the molecule is CC[C@@H](CO)NC(=O)c1cnccn1. The van der Waals surface area contributed by atoms with Crippen molar-refractivity contribution in [3.8, 4) is 0 Å². The van der Waals surface area contributed by atoms with Crippen molar-refractivity contribution in [2.45, 2.75) is 19.4 Å². The Balaban J connectivity index is 2.59. The molecule has 1 aromatic heterocycles. The molecule has 14 heavy (non-hydrogen) atoms. The van der Waals surface area contributed by atoms with Gasteiger partial charge < -0.3 is 10.4 Å². The minimum absolute atomic E-state index is 0.0670. The minimum Gasteiger partial charge on any atom is -0.394 e. The van der Waals surface area contributed by atoms with Crippen LogP contribution in [0.2, 0.25) is 0 Å². The average Bonchev–Trinajstić information content (AvgIpc) is 2.26. The van der Waals surface area contributed by atoms with Crippen LogP contribution in [0, 0.1) is 0 Å². The van der Waals surface area contributed by atoms with Gasteiger partial charge in [0.2, 0.25) is 0 Å². The van der Waals surface area contributed by atoms with Crippen LogP contribution in [0.1, 0.15) is 23.8 Å². The number of nitrogens with one attached hydrogen (secondary N) is 1. The summed E-state index contributed by atoms with van der Waals surface area (Å²) in [6.45, 7) is 1.82. The van der Waals surface area contributed by atoms with Crippen molar-refractivity contribution in [3.63, 3.8) is 0 Å².